The van der Waals surface area contributed by atoms with Crippen LogP contribution in [-0.4, -0.2) is 57.3 Å². The van der Waals surface area contributed by atoms with E-state index in [2.05, 4.69) is 17.0 Å². The van der Waals surface area contributed by atoms with Gasteiger partial charge in [-0.05, 0) is 62.1 Å². The molecule has 5 heteroatoms. The Balaban J connectivity index is 1.53. The molecule has 1 unspecified atom stereocenters. The molecule has 1 aromatic carbocycles. The van der Waals surface area contributed by atoms with Crippen molar-refractivity contribution in [3.05, 3.63) is 23.3 Å². The number of methoxy groups -OCH3 is 3. The molecule has 6 rings (SSSR count). The molecule has 2 aliphatic heterocycles. The van der Waals surface area contributed by atoms with Gasteiger partial charge in [0, 0.05) is 44.2 Å². The van der Waals surface area contributed by atoms with Crippen LogP contribution in [0, 0.1) is 11.8 Å². The smallest absolute Gasteiger partial charge is 0.206 e. The second-order valence-electron chi connectivity index (χ2n) is 9.49. The third kappa shape index (κ3) is 2.03. The molecule has 1 saturated heterocycles. The van der Waals surface area contributed by atoms with Crippen LogP contribution in [0.1, 0.15) is 43.2 Å². The van der Waals surface area contributed by atoms with Crippen molar-refractivity contribution in [2.24, 2.45) is 11.8 Å². The maximum atomic E-state index is 6.73. The fraction of sp³-hybridized carbons (Fsp3) is 0.739. The van der Waals surface area contributed by atoms with Crippen LogP contribution in [0.5, 0.6) is 11.5 Å². The predicted octanol–water partition coefficient (Wildman–Crippen LogP) is 3.13. The highest BCUT2D eigenvalue weighted by atomic mass is 16.7. The molecule has 28 heavy (non-hydrogen) atoms. The number of nitrogens with zero attached hydrogens (tertiary/aromatic N) is 1. The molecule has 1 aromatic rings. The summed E-state index contributed by atoms with van der Waals surface area (Å²) in [6.45, 7) is 2.43. The van der Waals surface area contributed by atoms with Crippen molar-refractivity contribution < 1.29 is 18.9 Å². The van der Waals surface area contributed by atoms with Crippen LogP contribution in [0.4, 0.5) is 0 Å². The van der Waals surface area contributed by atoms with E-state index in [0.717, 1.165) is 49.6 Å². The molecule has 0 aromatic heterocycles. The van der Waals surface area contributed by atoms with Gasteiger partial charge in [0.05, 0.1) is 7.11 Å². The Bertz CT molecular complexity index is 802. The Labute approximate surface area is 167 Å². The summed E-state index contributed by atoms with van der Waals surface area (Å²) in [7, 11) is 5.28. The summed E-state index contributed by atoms with van der Waals surface area (Å²) < 4.78 is 24.5. The lowest BCUT2D eigenvalue weighted by Gasteiger charge is -2.61. The van der Waals surface area contributed by atoms with Gasteiger partial charge in [0.1, 0.15) is 0 Å². The van der Waals surface area contributed by atoms with E-state index in [-0.39, 0.29) is 11.5 Å². The zero-order valence-corrected chi connectivity index (χ0v) is 17.2. The van der Waals surface area contributed by atoms with Crippen molar-refractivity contribution in [1.82, 2.24) is 4.90 Å². The zero-order valence-electron chi connectivity index (χ0n) is 17.2. The molecule has 3 fully saturated rings. The van der Waals surface area contributed by atoms with E-state index in [0.29, 0.717) is 12.0 Å². The summed E-state index contributed by atoms with van der Waals surface area (Å²) in [5, 5.41) is 0. The second kappa shape index (κ2) is 5.87. The topological polar surface area (TPSA) is 40.2 Å². The molecular weight excluding hydrogens is 354 g/mol. The van der Waals surface area contributed by atoms with Gasteiger partial charge >= 0.3 is 0 Å². The Kier molecular flexibility index (Phi) is 3.68. The van der Waals surface area contributed by atoms with Crippen molar-refractivity contribution in [3.63, 3.8) is 0 Å². The Hall–Kier alpha value is -1.30. The number of hydrogen-bond donors (Lipinski definition) is 0. The van der Waals surface area contributed by atoms with Gasteiger partial charge in [0.25, 0.3) is 0 Å². The van der Waals surface area contributed by atoms with E-state index in [1.165, 1.54) is 30.5 Å². The molecule has 5 aliphatic rings. The Morgan fingerprint density at radius 1 is 1.11 bits per heavy atom. The average Bonchev–Trinajstić information content (AvgIpc) is 3.47. The first kappa shape index (κ1) is 17.5. The SMILES string of the molecule is COc1ccc2c3c1O[C@@H]1C(OC)(OC)CCC4[C@H](C2)N(CC2CC2)CC[C@]341. The van der Waals surface area contributed by atoms with Crippen LogP contribution in [0.3, 0.4) is 0 Å². The van der Waals surface area contributed by atoms with E-state index in [4.69, 9.17) is 18.9 Å². The molecule has 0 N–H and O–H groups in total. The fourth-order valence-corrected chi connectivity index (χ4v) is 7.11. The quantitative estimate of drug-likeness (QED) is 0.729. The van der Waals surface area contributed by atoms with Crippen molar-refractivity contribution in [2.75, 3.05) is 34.4 Å². The maximum Gasteiger partial charge on any atom is 0.206 e. The van der Waals surface area contributed by atoms with Gasteiger partial charge in [-0.15, -0.1) is 0 Å². The molecule has 2 saturated carbocycles. The van der Waals surface area contributed by atoms with E-state index in [1.54, 1.807) is 21.3 Å². The van der Waals surface area contributed by atoms with Gasteiger partial charge in [0.2, 0.25) is 5.79 Å². The fourth-order valence-electron chi connectivity index (χ4n) is 7.11. The summed E-state index contributed by atoms with van der Waals surface area (Å²) >= 11 is 0. The lowest BCUT2D eigenvalue weighted by atomic mass is 9.50. The Morgan fingerprint density at radius 2 is 1.93 bits per heavy atom. The number of piperidine rings is 1. The number of hydrogen-bond acceptors (Lipinski definition) is 5. The molecule has 2 bridgehead atoms. The highest BCUT2D eigenvalue weighted by Gasteiger charge is 2.70. The van der Waals surface area contributed by atoms with E-state index in [1.807, 2.05) is 0 Å². The first-order chi connectivity index (χ1) is 13.7. The molecule has 152 valence electrons. The van der Waals surface area contributed by atoms with Crippen LogP contribution in [0.15, 0.2) is 12.1 Å². The summed E-state index contributed by atoms with van der Waals surface area (Å²) in [6, 6.07) is 4.98. The van der Waals surface area contributed by atoms with E-state index >= 15 is 0 Å². The number of likely N-dealkylation sites (tertiary alicyclic amines) is 1. The van der Waals surface area contributed by atoms with Gasteiger partial charge in [-0.25, -0.2) is 0 Å². The largest absolute Gasteiger partial charge is 0.493 e. The third-order valence-electron chi connectivity index (χ3n) is 8.52. The van der Waals surface area contributed by atoms with Crippen LogP contribution >= 0.6 is 0 Å². The highest BCUT2D eigenvalue weighted by Crippen LogP contribution is 2.66. The lowest BCUT2D eigenvalue weighted by molar-refractivity contribution is -0.292. The van der Waals surface area contributed by atoms with Crippen LogP contribution in [0.2, 0.25) is 0 Å². The van der Waals surface area contributed by atoms with Crippen molar-refractivity contribution in [3.8, 4) is 11.5 Å². The van der Waals surface area contributed by atoms with Gasteiger partial charge in [-0.1, -0.05) is 6.07 Å². The maximum absolute atomic E-state index is 6.73. The molecule has 3 aliphatic carbocycles. The lowest BCUT2D eigenvalue weighted by Crippen LogP contribution is -2.71. The first-order valence-electron chi connectivity index (χ1n) is 10.9. The van der Waals surface area contributed by atoms with E-state index < -0.39 is 5.79 Å². The molecule has 2 heterocycles. The monoisotopic (exact) mass is 385 g/mol. The minimum atomic E-state index is -0.682. The van der Waals surface area contributed by atoms with Gasteiger partial charge in [0.15, 0.2) is 17.6 Å². The van der Waals surface area contributed by atoms with Crippen molar-refractivity contribution in [2.45, 2.75) is 61.9 Å². The minimum Gasteiger partial charge on any atom is -0.493 e. The normalized spacial score (nSPS) is 37.3. The van der Waals surface area contributed by atoms with Crippen LogP contribution < -0.4 is 9.47 Å². The number of ether oxygens (including phenoxy) is 4. The van der Waals surface area contributed by atoms with Crippen molar-refractivity contribution >= 4 is 0 Å². The molecule has 4 atom stereocenters. The summed E-state index contributed by atoms with van der Waals surface area (Å²) in [5.74, 6) is 2.64. The van der Waals surface area contributed by atoms with E-state index in [9.17, 15) is 0 Å². The highest BCUT2D eigenvalue weighted by molar-refractivity contribution is 5.61. The summed E-state index contributed by atoms with van der Waals surface area (Å²) in [5.41, 5.74) is 2.83. The summed E-state index contributed by atoms with van der Waals surface area (Å²) in [6.07, 6.45) is 6.99. The van der Waals surface area contributed by atoms with Crippen molar-refractivity contribution in [1.29, 1.82) is 0 Å². The third-order valence-corrected chi connectivity index (χ3v) is 8.52. The standard InChI is InChI=1S/C23H31NO4/c1-25-18-7-6-15-12-17-16-8-9-23(26-2,27-3)21-22(16,19(15)20(18)28-21)10-11-24(17)13-14-4-5-14/h6-7,14,16-17,21H,4-5,8-13H2,1-3H3/t16?,17-,21-,22+/m0/s1. The zero-order chi connectivity index (χ0) is 19.1. The average molecular weight is 386 g/mol. The van der Waals surface area contributed by atoms with Gasteiger partial charge in [-0.2, -0.15) is 0 Å². The number of benzene rings is 1. The molecule has 5 nitrogen and oxygen atoms in total. The predicted molar refractivity (Wildman–Crippen MR) is 105 cm³/mol. The first-order valence-corrected chi connectivity index (χ1v) is 10.9. The van der Waals surface area contributed by atoms with Crippen LogP contribution in [-0.2, 0) is 21.3 Å². The number of rotatable bonds is 5. The summed E-state index contributed by atoms with van der Waals surface area (Å²) in [4.78, 5) is 2.81. The van der Waals surface area contributed by atoms with Gasteiger partial charge < -0.3 is 18.9 Å². The Morgan fingerprint density at radius 3 is 2.64 bits per heavy atom. The van der Waals surface area contributed by atoms with Crippen LogP contribution in [0.25, 0.3) is 0 Å². The molecule has 0 amide bonds. The minimum absolute atomic E-state index is 0.0214. The molecular formula is C23H31NO4. The molecule has 0 radical (unpaired) electrons. The molecule has 1 spiro atoms. The second-order valence-corrected chi connectivity index (χ2v) is 9.49. The van der Waals surface area contributed by atoms with Gasteiger partial charge in [-0.3, -0.25) is 4.90 Å².